The Kier molecular flexibility index (Phi) is 4.40. The lowest BCUT2D eigenvalue weighted by Crippen LogP contribution is -2.36. The van der Waals surface area contributed by atoms with Crippen molar-refractivity contribution in [2.24, 2.45) is 5.92 Å². The highest BCUT2D eigenvalue weighted by molar-refractivity contribution is 5.85. The van der Waals surface area contributed by atoms with Gasteiger partial charge in [0.2, 0.25) is 0 Å². The summed E-state index contributed by atoms with van der Waals surface area (Å²) >= 11 is 0. The molecule has 1 heterocycles. The monoisotopic (exact) mass is 262 g/mol. The third-order valence-electron chi connectivity index (χ3n) is 3.63. The Balaban J connectivity index is 2.18. The van der Waals surface area contributed by atoms with E-state index in [1.807, 2.05) is 6.07 Å². The zero-order chi connectivity index (χ0) is 13.8. The summed E-state index contributed by atoms with van der Waals surface area (Å²) in [4.78, 5) is 17.3. The van der Waals surface area contributed by atoms with E-state index in [0.29, 0.717) is 12.0 Å². The Labute approximate surface area is 114 Å². The topological polar surface area (TPSA) is 53.4 Å². The van der Waals surface area contributed by atoms with Crippen molar-refractivity contribution in [1.82, 2.24) is 4.98 Å². The number of pyridine rings is 1. The summed E-state index contributed by atoms with van der Waals surface area (Å²) in [6.07, 6.45) is 6.74. The first-order chi connectivity index (χ1) is 9.08. The van der Waals surface area contributed by atoms with Gasteiger partial charge in [0.1, 0.15) is 5.69 Å². The normalized spacial score (nSPS) is 15.9. The third kappa shape index (κ3) is 3.46. The van der Waals surface area contributed by atoms with Crippen LogP contribution in [0.1, 0.15) is 50.0 Å². The number of carboxylic acid groups (broad SMARTS) is 1. The van der Waals surface area contributed by atoms with Crippen molar-refractivity contribution in [3.63, 3.8) is 0 Å². The highest BCUT2D eigenvalue weighted by Crippen LogP contribution is 2.28. The molecule has 0 unspecified atom stereocenters. The minimum atomic E-state index is -0.970. The third-order valence-corrected chi connectivity index (χ3v) is 3.63. The summed E-state index contributed by atoms with van der Waals surface area (Å²) in [5.41, 5.74) is 1.16. The van der Waals surface area contributed by atoms with Crippen LogP contribution < -0.4 is 4.90 Å². The summed E-state index contributed by atoms with van der Waals surface area (Å²) < 4.78 is 0. The van der Waals surface area contributed by atoms with Gasteiger partial charge in [-0.1, -0.05) is 26.7 Å². The van der Waals surface area contributed by atoms with Crippen molar-refractivity contribution in [2.45, 2.75) is 45.6 Å². The molecule has 1 saturated carbocycles. The molecule has 1 N–H and O–H groups in total. The zero-order valence-electron chi connectivity index (χ0n) is 11.7. The van der Waals surface area contributed by atoms with E-state index in [2.05, 4.69) is 23.7 Å². The fraction of sp³-hybridized carbons (Fsp3) is 0.600. The molecule has 1 aliphatic rings. The molecule has 2 rings (SSSR count). The van der Waals surface area contributed by atoms with E-state index in [9.17, 15) is 4.79 Å². The van der Waals surface area contributed by atoms with Crippen LogP contribution >= 0.6 is 0 Å². The van der Waals surface area contributed by atoms with Crippen LogP contribution in [-0.2, 0) is 0 Å². The number of nitrogens with zero attached hydrogens (tertiary/aromatic N) is 2. The van der Waals surface area contributed by atoms with E-state index < -0.39 is 5.97 Å². The molecule has 104 valence electrons. The van der Waals surface area contributed by atoms with Gasteiger partial charge in [-0.15, -0.1) is 0 Å². The first kappa shape index (κ1) is 13.8. The standard InChI is InChI=1S/C15H22N2O2/c1-11(2)10-17(12-5-3-4-6-12)13-7-8-14(15(18)19)16-9-13/h7-9,11-12H,3-6,10H2,1-2H3,(H,18,19). The van der Waals surface area contributed by atoms with Crippen molar-refractivity contribution < 1.29 is 9.90 Å². The van der Waals surface area contributed by atoms with Gasteiger partial charge in [0.15, 0.2) is 0 Å². The molecule has 19 heavy (non-hydrogen) atoms. The van der Waals surface area contributed by atoms with Gasteiger partial charge in [-0.3, -0.25) is 0 Å². The lowest BCUT2D eigenvalue weighted by Gasteiger charge is -2.32. The number of hydrogen-bond donors (Lipinski definition) is 1. The molecule has 1 fully saturated rings. The Morgan fingerprint density at radius 2 is 2.11 bits per heavy atom. The number of carbonyl (C=O) groups is 1. The van der Waals surface area contributed by atoms with Crippen LogP contribution in [0.4, 0.5) is 5.69 Å². The van der Waals surface area contributed by atoms with Gasteiger partial charge in [-0.25, -0.2) is 9.78 Å². The van der Waals surface area contributed by atoms with E-state index >= 15 is 0 Å². The van der Waals surface area contributed by atoms with E-state index in [-0.39, 0.29) is 5.69 Å². The largest absolute Gasteiger partial charge is 0.477 e. The maximum absolute atomic E-state index is 10.8. The Hall–Kier alpha value is -1.58. The SMILES string of the molecule is CC(C)CN(c1ccc(C(=O)O)nc1)C1CCCC1. The maximum atomic E-state index is 10.8. The number of aromatic carboxylic acids is 1. The smallest absolute Gasteiger partial charge is 0.354 e. The van der Waals surface area contributed by atoms with Crippen LogP contribution in [0.5, 0.6) is 0 Å². The second kappa shape index (κ2) is 6.04. The summed E-state index contributed by atoms with van der Waals surface area (Å²) in [5.74, 6) is -0.387. The van der Waals surface area contributed by atoms with Crippen LogP contribution in [-0.4, -0.2) is 28.6 Å². The molecule has 0 saturated heterocycles. The first-order valence-corrected chi connectivity index (χ1v) is 7.04. The lowest BCUT2D eigenvalue weighted by atomic mass is 10.1. The maximum Gasteiger partial charge on any atom is 0.354 e. The molecule has 4 nitrogen and oxygen atoms in total. The van der Waals surface area contributed by atoms with Crippen LogP contribution in [0, 0.1) is 5.92 Å². The average molecular weight is 262 g/mol. The number of anilines is 1. The molecule has 0 spiro atoms. The molecule has 1 aliphatic carbocycles. The molecule has 0 radical (unpaired) electrons. The van der Waals surface area contributed by atoms with E-state index in [4.69, 9.17) is 5.11 Å². The van der Waals surface area contributed by atoms with Crippen molar-refractivity contribution in [3.05, 3.63) is 24.0 Å². The number of hydrogen-bond acceptors (Lipinski definition) is 3. The molecular weight excluding hydrogens is 240 g/mol. The van der Waals surface area contributed by atoms with Crippen LogP contribution in [0.3, 0.4) is 0 Å². The Morgan fingerprint density at radius 1 is 1.42 bits per heavy atom. The van der Waals surface area contributed by atoms with Gasteiger partial charge in [0, 0.05) is 12.6 Å². The Bertz CT molecular complexity index is 422. The van der Waals surface area contributed by atoms with E-state index in [1.54, 1.807) is 12.3 Å². The quantitative estimate of drug-likeness (QED) is 0.885. The van der Waals surface area contributed by atoms with Crippen LogP contribution in [0.25, 0.3) is 0 Å². The van der Waals surface area contributed by atoms with Crippen molar-refractivity contribution in [3.8, 4) is 0 Å². The van der Waals surface area contributed by atoms with E-state index in [1.165, 1.54) is 25.7 Å². The molecule has 1 aromatic rings. The van der Waals surface area contributed by atoms with Gasteiger partial charge in [-0.05, 0) is 30.9 Å². The molecule has 0 aromatic carbocycles. The zero-order valence-corrected chi connectivity index (χ0v) is 11.7. The van der Waals surface area contributed by atoms with E-state index in [0.717, 1.165) is 12.2 Å². The predicted molar refractivity (Wildman–Crippen MR) is 75.6 cm³/mol. The van der Waals surface area contributed by atoms with Crippen LogP contribution in [0.15, 0.2) is 18.3 Å². The number of carboxylic acids is 1. The van der Waals surface area contributed by atoms with Gasteiger partial charge >= 0.3 is 5.97 Å². The summed E-state index contributed by atoms with van der Waals surface area (Å²) in [7, 11) is 0. The average Bonchev–Trinajstić information content (AvgIpc) is 2.89. The molecule has 0 aliphatic heterocycles. The van der Waals surface area contributed by atoms with Gasteiger partial charge in [-0.2, -0.15) is 0 Å². The van der Waals surface area contributed by atoms with Gasteiger partial charge < -0.3 is 10.0 Å². The number of aromatic nitrogens is 1. The highest BCUT2D eigenvalue weighted by atomic mass is 16.4. The lowest BCUT2D eigenvalue weighted by molar-refractivity contribution is 0.0690. The molecule has 0 bridgehead atoms. The van der Waals surface area contributed by atoms with Crippen molar-refractivity contribution in [1.29, 1.82) is 0 Å². The minimum absolute atomic E-state index is 0.111. The van der Waals surface area contributed by atoms with Crippen molar-refractivity contribution in [2.75, 3.05) is 11.4 Å². The second-order valence-corrected chi connectivity index (χ2v) is 5.69. The molecule has 0 atom stereocenters. The van der Waals surface area contributed by atoms with Gasteiger partial charge in [0.05, 0.1) is 11.9 Å². The molecule has 4 heteroatoms. The minimum Gasteiger partial charge on any atom is -0.477 e. The number of rotatable bonds is 5. The summed E-state index contributed by atoms with van der Waals surface area (Å²) in [6.45, 7) is 5.42. The molecule has 1 aromatic heterocycles. The molecule has 0 amide bonds. The second-order valence-electron chi connectivity index (χ2n) is 5.69. The summed E-state index contributed by atoms with van der Waals surface area (Å²) in [5, 5.41) is 8.90. The van der Waals surface area contributed by atoms with Gasteiger partial charge in [0.25, 0.3) is 0 Å². The predicted octanol–water partition coefficient (Wildman–Crippen LogP) is 3.18. The fourth-order valence-electron chi connectivity index (χ4n) is 2.76. The summed E-state index contributed by atoms with van der Waals surface area (Å²) in [6, 6.07) is 4.07. The first-order valence-electron chi connectivity index (χ1n) is 7.04. The Morgan fingerprint density at radius 3 is 2.58 bits per heavy atom. The van der Waals surface area contributed by atoms with Crippen LogP contribution in [0.2, 0.25) is 0 Å². The fourth-order valence-corrected chi connectivity index (χ4v) is 2.76. The van der Waals surface area contributed by atoms with Crippen molar-refractivity contribution >= 4 is 11.7 Å². The molecular formula is C15H22N2O2. The highest BCUT2D eigenvalue weighted by Gasteiger charge is 2.23.